The highest BCUT2D eigenvalue weighted by Crippen LogP contribution is 2.45. The fourth-order valence-corrected chi connectivity index (χ4v) is 4.20. The lowest BCUT2D eigenvalue weighted by Crippen LogP contribution is -2.51. The fraction of sp³-hybridized carbons (Fsp3) is 0.333. The van der Waals surface area contributed by atoms with Crippen molar-refractivity contribution in [3.63, 3.8) is 0 Å². The summed E-state index contributed by atoms with van der Waals surface area (Å²) in [6.45, 7) is 0.0247. The van der Waals surface area contributed by atoms with Crippen LogP contribution in [0.15, 0.2) is 53.4 Å². The van der Waals surface area contributed by atoms with Gasteiger partial charge in [0.1, 0.15) is 0 Å². The molecule has 0 spiro atoms. The first-order valence-corrected chi connectivity index (χ1v) is 10.5. The second kappa shape index (κ2) is 8.36. The Balaban J connectivity index is 1.69. The summed E-state index contributed by atoms with van der Waals surface area (Å²) in [6, 6.07) is 15.1. The predicted octanol–water partition coefficient (Wildman–Crippen LogP) is 4.58. The minimum absolute atomic E-state index is 0.00984. The number of carbonyl (C=O) groups is 2. The van der Waals surface area contributed by atoms with Crippen molar-refractivity contribution in [1.29, 1.82) is 0 Å². The van der Waals surface area contributed by atoms with Crippen molar-refractivity contribution < 1.29 is 9.59 Å². The van der Waals surface area contributed by atoms with Crippen LogP contribution in [0, 0.1) is 0 Å². The summed E-state index contributed by atoms with van der Waals surface area (Å²) in [4.78, 5) is 28.2. The zero-order chi connectivity index (χ0) is 19.4. The Kier molecular flexibility index (Phi) is 6.12. The molecule has 6 heteroatoms. The van der Waals surface area contributed by atoms with Crippen molar-refractivity contribution in [3.05, 3.63) is 59.1 Å². The van der Waals surface area contributed by atoms with Crippen LogP contribution < -0.4 is 5.32 Å². The summed E-state index contributed by atoms with van der Waals surface area (Å²) >= 11 is 7.56. The van der Waals surface area contributed by atoms with Gasteiger partial charge in [0, 0.05) is 17.0 Å². The number of rotatable bonds is 6. The normalized spacial score (nSPS) is 14.9. The number of likely N-dealkylation sites (N-methyl/N-ethyl adjacent to an activating group) is 1. The van der Waals surface area contributed by atoms with Crippen molar-refractivity contribution in [2.45, 2.75) is 29.6 Å². The van der Waals surface area contributed by atoms with Gasteiger partial charge in [0.05, 0.1) is 17.6 Å². The highest BCUT2D eigenvalue weighted by molar-refractivity contribution is 7.98. The molecular formula is C21H23ClN2O2S. The van der Waals surface area contributed by atoms with Crippen LogP contribution in [0.2, 0.25) is 5.02 Å². The number of hydrogen-bond donors (Lipinski definition) is 1. The quantitative estimate of drug-likeness (QED) is 0.719. The van der Waals surface area contributed by atoms with Gasteiger partial charge in [-0.3, -0.25) is 9.59 Å². The van der Waals surface area contributed by atoms with E-state index in [1.807, 2.05) is 54.8 Å². The van der Waals surface area contributed by atoms with E-state index < -0.39 is 5.41 Å². The van der Waals surface area contributed by atoms with Gasteiger partial charge in [-0.1, -0.05) is 42.3 Å². The molecule has 1 N–H and O–H groups in total. The molecule has 0 heterocycles. The third-order valence-corrected chi connectivity index (χ3v) is 6.17. The second-order valence-corrected chi connectivity index (χ2v) is 8.14. The van der Waals surface area contributed by atoms with E-state index >= 15 is 0 Å². The van der Waals surface area contributed by atoms with E-state index in [4.69, 9.17) is 11.6 Å². The first-order valence-electron chi connectivity index (χ1n) is 8.91. The monoisotopic (exact) mass is 402 g/mol. The van der Waals surface area contributed by atoms with E-state index in [0.29, 0.717) is 5.02 Å². The highest BCUT2D eigenvalue weighted by Gasteiger charge is 2.47. The number of carbonyl (C=O) groups excluding carboxylic acids is 2. The number of benzene rings is 2. The first-order chi connectivity index (χ1) is 13.0. The van der Waals surface area contributed by atoms with Crippen LogP contribution in [0.4, 0.5) is 5.69 Å². The first kappa shape index (κ1) is 19.8. The van der Waals surface area contributed by atoms with Gasteiger partial charge in [-0.05, 0) is 48.9 Å². The fourth-order valence-electron chi connectivity index (χ4n) is 3.52. The Hall–Kier alpha value is -1.98. The molecule has 0 saturated heterocycles. The summed E-state index contributed by atoms with van der Waals surface area (Å²) in [6.07, 6.45) is 4.58. The van der Waals surface area contributed by atoms with Gasteiger partial charge >= 0.3 is 0 Å². The van der Waals surface area contributed by atoms with E-state index in [0.717, 1.165) is 35.4 Å². The minimum atomic E-state index is -0.531. The molecule has 3 rings (SSSR count). The minimum Gasteiger partial charge on any atom is -0.336 e. The summed E-state index contributed by atoms with van der Waals surface area (Å²) in [5.74, 6) is -0.206. The number of amides is 2. The second-order valence-electron chi connectivity index (χ2n) is 6.85. The molecule has 0 atom stereocenters. The summed E-state index contributed by atoms with van der Waals surface area (Å²) in [5.41, 5.74) is 1.21. The number of halogens is 1. The van der Waals surface area contributed by atoms with E-state index in [-0.39, 0.29) is 18.4 Å². The van der Waals surface area contributed by atoms with Crippen LogP contribution >= 0.6 is 23.4 Å². The SMILES string of the molecule is CSc1ccccc1NC(=O)CN(C)C(=O)C1(c2ccc(Cl)cc2)CCC1. The van der Waals surface area contributed by atoms with Crippen molar-refractivity contribution in [2.75, 3.05) is 25.2 Å². The zero-order valence-electron chi connectivity index (χ0n) is 15.5. The van der Waals surface area contributed by atoms with E-state index in [2.05, 4.69) is 5.32 Å². The van der Waals surface area contributed by atoms with Gasteiger partial charge in [-0.25, -0.2) is 0 Å². The van der Waals surface area contributed by atoms with Crippen LogP contribution in [0.1, 0.15) is 24.8 Å². The van der Waals surface area contributed by atoms with Gasteiger partial charge in [-0.15, -0.1) is 11.8 Å². The smallest absolute Gasteiger partial charge is 0.244 e. The summed E-state index contributed by atoms with van der Waals surface area (Å²) in [7, 11) is 1.69. The molecule has 0 aliphatic heterocycles. The Morgan fingerprint density at radius 1 is 1.15 bits per heavy atom. The molecular weight excluding hydrogens is 380 g/mol. The Labute approximate surface area is 169 Å². The zero-order valence-corrected chi connectivity index (χ0v) is 17.1. The van der Waals surface area contributed by atoms with Gasteiger partial charge < -0.3 is 10.2 Å². The maximum absolute atomic E-state index is 13.2. The topological polar surface area (TPSA) is 49.4 Å². The molecule has 1 fully saturated rings. The molecule has 142 valence electrons. The molecule has 2 aromatic rings. The molecule has 1 aliphatic carbocycles. The van der Waals surface area contributed by atoms with Crippen LogP contribution in [-0.2, 0) is 15.0 Å². The van der Waals surface area contributed by atoms with Crippen LogP contribution in [-0.4, -0.2) is 36.6 Å². The van der Waals surface area contributed by atoms with E-state index in [1.54, 1.807) is 18.8 Å². The van der Waals surface area contributed by atoms with E-state index in [1.165, 1.54) is 4.90 Å². The molecule has 1 aliphatic rings. The molecule has 2 amide bonds. The number of nitrogens with zero attached hydrogens (tertiary/aromatic N) is 1. The summed E-state index contributed by atoms with van der Waals surface area (Å²) < 4.78 is 0. The van der Waals surface area contributed by atoms with Gasteiger partial charge in [0.25, 0.3) is 0 Å². The highest BCUT2D eigenvalue weighted by atomic mass is 35.5. The molecule has 1 saturated carbocycles. The largest absolute Gasteiger partial charge is 0.336 e. The third-order valence-electron chi connectivity index (χ3n) is 5.12. The number of thioether (sulfide) groups is 1. The van der Waals surface area contributed by atoms with Crippen molar-refractivity contribution in [3.8, 4) is 0 Å². The third kappa shape index (κ3) is 4.14. The lowest BCUT2D eigenvalue weighted by Gasteiger charge is -2.43. The number of para-hydroxylation sites is 1. The van der Waals surface area contributed by atoms with Gasteiger partial charge in [0.15, 0.2) is 0 Å². The van der Waals surface area contributed by atoms with Crippen molar-refractivity contribution in [2.24, 2.45) is 0 Å². The van der Waals surface area contributed by atoms with E-state index in [9.17, 15) is 9.59 Å². The van der Waals surface area contributed by atoms with Crippen molar-refractivity contribution in [1.82, 2.24) is 4.90 Å². The Morgan fingerprint density at radius 3 is 2.41 bits per heavy atom. The molecule has 0 radical (unpaired) electrons. The average Bonchev–Trinajstić information content (AvgIpc) is 2.62. The number of nitrogens with one attached hydrogen (secondary N) is 1. The maximum Gasteiger partial charge on any atom is 0.244 e. The predicted molar refractivity (Wildman–Crippen MR) is 111 cm³/mol. The standard InChI is InChI=1S/C21H23ClN2O2S/c1-24(14-19(25)23-17-6-3-4-7-18(17)27-2)20(26)21(12-5-13-21)15-8-10-16(22)11-9-15/h3-4,6-11H,5,12-14H2,1-2H3,(H,23,25). The Bertz CT molecular complexity index is 834. The van der Waals surface area contributed by atoms with Gasteiger partial charge in [-0.2, -0.15) is 0 Å². The van der Waals surface area contributed by atoms with Crippen LogP contribution in [0.5, 0.6) is 0 Å². The Morgan fingerprint density at radius 2 is 1.81 bits per heavy atom. The molecule has 27 heavy (non-hydrogen) atoms. The van der Waals surface area contributed by atoms with Gasteiger partial charge in [0.2, 0.25) is 11.8 Å². The lowest BCUT2D eigenvalue weighted by atomic mass is 9.63. The maximum atomic E-state index is 13.2. The summed E-state index contributed by atoms with van der Waals surface area (Å²) in [5, 5.41) is 3.56. The van der Waals surface area contributed by atoms with Crippen LogP contribution in [0.3, 0.4) is 0 Å². The molecule has 0 bridgehead atoms. The lowest BCUT2D eigenvalue weighted by molar-refractivity contribution is -0.141. The molecule has 0 aromatic heterocycles. The molecule has 2 aromatic carbocycles. The number of anilines is 1. The molecule has 4 nitrogen and oxygen atoms in total. The number of hydrogen-bond acceptors (Lipinski definition) is 3. The van der Waals surface area contributed by atoms with Crippen LogP contribution in [0.25, 0.3) is 0 Å². The molecule has 0 unspecified atom stereocenters. The average molecular weight is 403 g/mol. The van der Waals surface area contributed by atoms with Crippen molar-refractivity contribution >= 4 is 40.9 Å².